The maximum atomic E-state index is 14.2. The summed E-state index contributed by atoms with van der Waals surface area (Å²) in [6, 6.07) is 11.2. The molecule has 77 heavy (non-hydrogen) atoms. The van der Waals surface area contributed by atoms with Crippen LogP contribution in [0.1, 0.15) is 121 Å². The largest absolute Gasteiger partial charge is 0.514 e. The molecule has 0 aromatic heterocycles. The van der Waals surface area contributed by atoms with Crippen molar-refractivity contribution in [1.82, 2.24) is 4.90 Å². The van der Waals surface area contributed by atoms with Crippen molar-refractivity contribution in [3.8, 4) is 11.5 Å². The summed E-state index contributed by atoms with van der Waals surface area (Å²) in [7, 11) is 0. The molecule has 0 radical (unpaired) electrons. The van der Waals surface area contributed by atoms with E-state index >= 15 is 0 Å². The van der Waals surface area contributed by atoms with Gasteiger partial charge in [-0.1, -0.05) is 98.7 Å². The minimum absolute atomic E-state index is 0.0227. The number of hydrogen-bond donors (Lipinski definition) is 10. The van der Waals surface area contributed by atoms with Crippen LogP contribution >= 0.6 is 0 Å². The number of amides is 1. The second-order valence-electron chi connectivity index (χ2n) is 21.6. The summed E-state index contributed by atoms with van der Waals surface area (Å²) >= 11 is 0. The van der Waals surface area contributed by atoms with Crippen molar-refractivity contribution in [1.29, 1.82) is 0 Å². The summed E-state index contributed by atoms with van der Waals surface area (Å²) in [6.07, 6.45) is -25.9. The quantitative estimate of drug-likeness (QED) is 0.0594. The van der Waals surface area contributed by atoms with E-state index in [9.17, 15) is 60.7 Å². The van der Waals surface area contributed by atoms with Crippen LogP contribution < -0.4 is 9.47 Å². The third-order valence-electron chi connectivity index (χ3n) is 14.8. The molecule has 23 nitrogen and oxygen atoms in total. The number of hydrogen-bond acceptors (Lipinski definition) is 22. The molecule has 1 amide bonds. The standard InChI is InChI=1S/C54H83NO22/c1-25(2)31-12-10-13-32(26(3)4)47(31)76-53(66)55(16-18-68-50-45(64)44(63)42(61)38(23-57)72-50)17-19-69-51-46(65)49(43(62)39(24-58)73-51)70-30-20-35(71-52-41(60)29(9)40(59)37(22-56)74-52)36(21-30)75-54(67)77-48-33(27(5)6)14-11-15-34(48)28(7)8/h10-15,25-30,35-46,49-52,56-65H,16-24H2,1-9H3/t29?,30?,35?,36?,37?,38?,39?,40-,41?,42+,43+,44?,45+,46+,49?,50?,51?,52-/m0/s1. The van der Waals surface area contributed by atoms with E-state index in [0.29, 0.717) is 11.5 Å². The van der Waals surface area contributed by atoms with Crippen molar-refractivity contribution in [3.63, 3.8) is 0 Å². The number of aliphatic hydroxyl groups excluding tert-OH is 10. The number of ether oxygens (including phenoxy) is 10. The van der Waals surface area contributed by atoms with Crippen LogP contribution in [0.4, 0.5) is 9.59 Å². The molecule has 2 aromatic carbocycles. The summed E-state index contributed by atoms with van der Waals surface area (Å²) < 4.78 is 59.5. The predicted octanol–water partition coefficient (Wildman–Crippen LogP) is 1.85. The molecule has 18 atom stereocenters. The molecule has 4 fully saturated rings. The Morgan fingerprint density at radius 1 is 0.545 bits per heavy atom. The Balaban J connectivity index is 1.19. The summed E-state index contributed by atoms with van der Waals surface area (Å²) in [6.45, 7) is 14.1. The van der Waals surface area contributed by atoms with Gasteiger partial charge in [0.25, 0.3) is 0 Å². The number of benzene rings is 2. The minimum atomic E-state index is -1.74. The Morgan fingerprint density at radius 2 is 0.987 bits per heavy atom. The highest BCUT2D eigenvalue weighted by Gasteiger charge is 2.51. The first-order valence-electron chi connectivity index (χ1n) is 26.7. The van der Waals surface area contributed by atoms with Crippen molar-refractivity contribution in [2.75, 3.05) is 46.1 Å². The van der Waals surface area contributed by atoms with E-state index in [4.69, 9.17) is 47.4 Å². The first-order valence-corrected chi connectivity index (χ1v) is 26.7. The Labute approximate surface area is 449 Å². The van der Waals surface area contributed by atoms with E-state index in [-0.39, 0.29) is 62.8 Å². The van der Waals surface area contributed by atoms with E-state index in [1.807, 2.05) is 91.8 Å². The average Bonchev–Trinajstić information content (AvgIpc) is 3.76. The predicted molar refractivity (Wildman–Crippen MR) is 271 cm³/mol. The molecule has 3 aliphatic heterocycles. The highest BCUT2D eigenvalue weighted by molar-refractivity contribution is 5.72. The molecule has 2 aromatic rings. The van der Waals surface area contributed by atoms with Gasteiger partial charge in [-0.3, -0.25) is 0 Å². The van der Waals surface area contributed by atoms with Gasteiger partial charge in [0.1, 0.15) is 84.7 Å². The molecule has 1 aliphatic carbocycles. The van der Waals surface area contributed by atoms with E-state index in [1.54, 1.807) is 6.92 Å². The average molecular weight is 1100 g/mol. The van der Waals surface area contributed by atoms with E-state index in [1.165, 1.54) is 4.90 Å². The summed E-state index contributed by atoms with van der Waals surface area (Å²) in [5.74, 6) is -0.215. The fraction of sp³-hybridized carbons (Fsp3) is 0.741. The molecule has 23 heteroatoms. The van der Waals surface area contributed by atoms with Crippen molar-refractivity contribution >= 4 is 12.2 Å². The van der Waals surface area contributed by atoms with Gasteiger partial charge in [0.15, 0.2) is 18.9 Å². The molecule has 6 rings (SSSR count). The second-order valence-corrected chi connectivity index (χ2v) is 21.6. The highest BCUT2D eigenvalue weighted by Crippen LogP contribution is 2.39. The van der Waals surface area contributed by atoms with Gasteiger partial charge in [-0.2, -0.15) is 0 Å². The van der Waals surface area contributed by atoms with Crippen LogP contribution in [0.5, 0.6) is 11.5 Å². The van der Waals surface area contributed by atoms with Gasteiger partial charge in [-0.05, 0) is 45.9 Å². The minimum Gasteiger partial charge on any atom is -0.428 e. The van der Waals surface area contributed by atoms with Crippen molar-refractivity contribution in [2.45, 2.75) is 203 Å². The SMILES string of the molecule is CC(C)c1cccc(C(C)C)c1OC(=O)OC1CC(OC2[C@H](O)C(CO)OC(OCCN(CCOC3OC(CO)[C@@H](O)C(O)[C@H]3O)C(=O)Oc3c(C(C)C)cccc3C(C)C)[C@@H]2O)CC1O[C@H]1OC(CO)[C@@H](O)C(C)C1O. The summed E-state index contributed by atoms with van der Waals surface area (Å²) in [4.78, 5) is 29.2. The fourth-order valence-corrected chi connectivity index (χ4v) is 10.1. The van der Waals surface area contributed by atoms with Gasteiger partial charge < -0.3 is 103 Å². The van der Waals surface area contributed by atoms with Crippen LogP contribution in [0.15, 0.2) is 36.4 Å². The van der Waals surface area contributed by atoms with E-state index in [2.05, 4.69) is 0 Å². The molecule has 436 valence electrons. The summed E-state index contributed by atoms with van der Waals surface area (Å²) in [5, 5.41) is 106. The normalized spacial score (nSPS) is 33.8. The topological polar surface area (TPSA) is 332 Å². The maximum absolute atomic E-state index is 14.2. The first-order chi connectivity index (χ1) is 36.5. The number of nitrogens with zero attached hydrogens (tertiary/aromatic N) is 1. The Kier molecular flexibility index (Phi) is 22.8. The molecular weight excluding hydrogens is 1010 g/mol. The van der Waals surface area contributed by atoms with E-state index < -0.39 is 142 Å². The molecule has 0 bridgehead atoms. The maximum Gasteiger partial charge on any atom is 0.514 e. The Bertz CT molecular complexity index is 2130. The van der Waals surface area contributed by atoms with Gasteiger partial charge in [0, 0.05) is 31.8 Å². The zero-order chi connectivity index (χ0) is 56.6. The van der Waals surface area contributed by atoms with Crippen molar-refractivity contribution in [2.24, 2.45) is 5.92 Å². The van der Waals surface area contributed by atoms with Crippen LogP contribution in [-0.4, -0.2) is 219 Å². The Morgan fingerprint density at radius 3 is 1.48 bits per heavy atom. The molecule has 4 aliphatic rings. The smallest absolute Gasteiger partial charge is 0.428 e. The first kappa shape index (κ1) is 62.5. The van der Waals surface area contributed by atoms with Gasteiger partial charge in [-0.25, -0.2) is 9.59 Å². The van der Waals surface area contributed by atoms with Crippen LogP contribution in [-0.2, 0) is 37.9 Å². The van der Waals surface area contributed by atoms with Crippen LogP contribution in [0, 0.1) is 5.92 Å². The second kappa shape index (κ2) is 28.1. The van der Waals surface area contributed by atoms with Crippen molar-refractivity contribution in [3.05, 3.63) is 58.7 Å². The number of carbonyl (C=O) groups is 2. The number of para-hydroxylation sites is 2. The molecule has 3 heterocycles. The van der Waals surface area contributed by atoms with Gasteiger partial charge in [0.05, 0.1) is 45.2 Å². The molecule has 12 unspecified atom stereocenters. The Hall–Kier alpha value is -3.70. The van der Waals surface area contributed by atoms with Crippen LogP contribution in [0.2, 0.25) is 0 Å². The molecule has 1 saturated carbocycles. The number of aliphatic hydroxyl groups is 10. The van der Waals surface area contributed by atoms with Gasteiger partial charge in [0.2, 0.25) is 0 Å². The van der Waals surface area contributed by atoms with Gasteiger partial charge in [-0.15, -0.1) is 0 Å². The monoisotopic (exact) mass is 1100 g/mol. The van der Waals surface area contributed by atoms with E-state index in [0.717, 1.165) is 22.3 Å². The number of carbonyl (C=O) groups excluding carboxylic acids is 2. The third-order valence-corrected chi connectivity index (χ3v) is 14.8. The van der Waals surface area contributed by atoms with Crippen molar-refractivity contribution < 1.29 is 108 Å². The lowest BCUT2D eigenvalue weighted by Gasteiger charge is -2.43. The highest BCUT2D eigenvalue weighted by atomic mass is 16.8. The van der Waals surface area contributed by atoms with Gasteiger partial charge >= 0.3 is 12.2 Å². The molecule has 0 spiro atoms. The zero-order valence-electron chi connectivity index (χ0n) is 45.3. The van der Waals surface area contributed by atoms with Crippen LogP contribution in [0.25, 0.3) is 0 Å². The molecule has 10 N–H and O–H groups in total. The number of rotatable bonds is 22. The lowest BCUT2D eigenvalue weighted by molar-refractivity contribution is -0.314. The molecular formula is C54H83NO22. The lowest BCUT2D eigenvalue weighted by Crippen LogP contribution is -2.61. The fourth-order valence-electron chi connectivity index (χ4n) is 10.1. The summed E-state index contributed by atoms with van der Waals surface area (Å²) in [5.41, 5.74) is 3.08. The third kappa shape index (κ3) is 15.0. The zero-order valence-corrected chi connectivity index (χ0v) is 45.3. The molecule has 3 saturated heterocycles. The van der Waals surface area contributed by atoms with Crippen LogP contribution in [0.3, 0.4) is 0 Å². The lowest BCUT2D eigenvalue weighted by atomic mass is 9.91.